The number of rotatable bonds is 90. The van der Waals surface area contributed by atoms with E-state index in [1.807, 2.05) is 0 Å². The molecule has 5 aromatic rings. The van der Waals surface area contributed by atoms with E-state index in [0.29, 0.717) is 325 Å². The van der Waals surface area contributed by atoms with E-state index < -0.39 is 27.1 Å². The van der Waals surface area contributed by atoms with Gasteiger partial charge in [0, 0.05) is 32.1 Å². The summed E-state index contributed by atoms with van der Waals surface area (Å²) in [6.07, 6.45) is 1.87. The second-order valence-electron chi connectivity index (χ2n) is 40.9. The van der Waals surface area contributed by atoms with Gasteiger partial charge >= 0.3 is 0 Å². The highest BCUT2D eigenvalue weighted by Gasteiger charge is 2.32. The summed E-state index contributed by atoms with van der Waals surface area (Å²) in [5, 5.41) is 45.2. The van der Waals surface area contributed by atoms with Crippen molar-refractivity contribution >= 4 is 0 Å². The van der Waals surface area contributed by atoms with E-state index >= 15 is 0 Å². The molecule has 150 heavy (non-hydrogen) atoms. The van der Waals surface area contributed by atoms with Crippen LogP contribution >= 0.6 is 0 Å². The summed E-state index contributed by atoms with van der Waals surface area (Å²) < 4.78 is 183. The summed E-state index contributed by atoms with van der Waals surface area (Å²) in [6, 6.07) is 23.2. The molecule has 1 aliphatic rings. The maximum atomic E-state index is 9.04. The van der Waals surface area contributed by atoms with Gasteiger partial charge in [-0.15, -0.1) is 0 Å². The highest BCUT2D eigenvalue weighted by Crippen LogP contribution is 2.46. The number of hydrogen-bond donors (Lipinski definition) is 5. The predicted octanol–water partition coefficient (Wildman–Crippen LogP) is 11.7. The Bertz CT molecular complexity index is 3490. The summed E-state index contributed by atoms with van der Waals surface area (Å²) >= 11 is 0. The van der Waals surface area contributed by atoms with Gasteiger partial charge in [0.25, 0.3) is 0 Å². The molecular weight excluding hydrogens is 1940 g/mol. The number of fused-ring (bicyclic) bond motifs is 10. The Morgan fingerprint density at radius 2 is 0.213 bits per heavy atom. The van der Waals surface area contributed by atoms with E-state index in [-0.39, 0.29) is 132 Å². The lowest BCUT2D eigenvalue weighted by atomic mass is 9.79. The highest BCUT2D eigenvalue weighted by molar-refractivity contribution is 5.61. The number of aliphatic hydroxyl groups is 5. The molecule has 1 aliphatic carbocycles. The molecule has 10 bridgehead atoms. The largest absolute Gasteiger partial charge is 0.491 e. The van der Waals surface area contributed by atoms with Gasteiger partial charge in [-0.2, -0.15) is 0 Å². The maximum Gasteiger partial charge on any atom is 0.126 e. The molecule has 0 saturated carbocycles. The summed E-state index contributed by atoms with van der Waals surface area (Å²) in [5.41, 5.74) is 13.0. The average molecular weight is 2130 g/mol. The molecule has 35 heteroatoms. The van der Waals surface area contributed by atoms with Crippen molar-refractivity contribution in [1.82, 2.24) is 0 Å². The minimum absolute atomic E-state index is 0.0351. The number of benzene rings is 5. The van der Waals surface area contributed by atoms with Crippen LogP contribution in [0.2, 0.25) is 0 Å². The van der Waals surface area contributed by atoms with Gasteiger partial charge in [-0.1, -0.05) is 165 Å². The third-order valence-corrected chi connectivity index (χ3v) is 23.4. The molecule has 0 unspecified atom stereocenters. The topological polar surface area (TPSA) is 378 Å². The first-order valence-electron chi connectivity index (χ1n) is 54.0. The molecule has 5 N–H and O–H groups in total. The van der Waals surface area contributed by atoms with E-state index in [1.54, 1.807) is 0 Å². The fraction of sp³-hybridized carbons (Fsp3) is 0.739. The Hall–Kier alpha value is -6.10. The molecule has 0 heterocycles. The third-order valence-electron chi connectivity index (χ3n) is 23.4. The van der Waals surface area contributed by atoms with Gasteiger partial charge in [0.2, 0.25) is 0 Å². The van der Waals surface area contributed by atoms with Crippen LogP contribution in [-0.4, -0.2) is 422 Å². The molecule has 5 aromatic carbocycles. The zero-order chi connectivity index (χ0) is 108. The minimum Gasteiger partial charge on any atom is -0.491 e. The number of hydrogen-bond acceptors (Lipinski definition) is 35. The molecule has 0 spiro atoms. The first-order valence-corrected chi connectivity index (χ1v) is 54.0. The van der Waals surface area contributed by atoms with Crippen molar-refractivity contribution < 1.29 is 168 Å². The second-order valence-corrected chi connectivity index (χ2v) is 40.9. The molecule has 860 valence electrons. The summed E-state index contributed by atoms with van der Waals surface area (Å²) in [6.45, 7) is 52.2. The number of aliphatic hydroxyl groups excluding tert-OH is 5. The minimum atomic E-state index is -0.393. The molecule has 0 amide bonds. The molecular formula is C115H190O35. The Morgan fingerprint density at radius 3 is 0.293 bits per heavy atom. The lowest BCUT2D eigenvalue weighted by Crippen LogP contribution is -2.19. The van der Waals surface area contributed by atoms with Crippen LogP contribution in [0.1, 0.15) is 187 Å². The van der Waals surface area contributed by atoms with Gasteiger partial charge in [-0.3, -0.25) is 0 Å². The summed E-state index contributed by atoms with van der Waals surface area (Å²) in [5.74, 6) is 3.53. The SMILES string of the molecule is CC(C)(C)c1cc2c(OCCOCCOCCOCCOCCOCCO)c(c1)Cc1cc(C(C)(C)C)cc(c1OCCOCCOCCOCCOCCOCCO)Cc1cc(C(C)(C)C)cc(c1OCCOCCOCCOCCOCCOCCO)Cc1cc(C(C)(C)C)cc(c1OCCOCCOCCOCCOCCOCCO)Cc1cc(C(C)(C)C)cc(c1OCCOCCOCCOCCOCCOCCO)C2. The van der Waals surface area contributed by atoms with Gasteiger partial charge < -0.3 is 168 Å². The van der Waals surface area contributed by atoms with Crippen molar-refractivity contribution in [3.63, 3.8) is 0 Å². The fourth-order valence-electron chi connectivity index (χ4n) is 15.4. The smallest absolute Gasteiger partial charge is 0.126 e. The molecule has 0 aromatic heterocycles. The van der Waals surface area contributed by atoms with E-state index in [2.05, 4.69) is 165 Å². The Morgan fingerprint density at radius 1 is 0.133 bits per heavy atom. The Labute approximate surface area is 895 Å². The van der Waals surface area contributed by atoms with Crippen molar-refractivity contribution in [3.05, 3.63) is 144 Å². The zero-order valence-electron chi connectivity index (χ0n) is 93.7. The standard InChI is InChI=1S/C115H190O35/c1-111(2,3)101-81-91-76-93-83-102(112(4,5)6)85-95(107(93)147-72-67-142-62-57-137-52-47-132-42-37-127-32-27-122-22-17-117)78-97-87-104(114(10,11)12)89-99(109(97)149-74-69-144-64-59-139-54-49-134-44-39-129-34-29-124-24-19-119)80-100-90-105(115(13,14)15)88-98(110(100)150-75-70-145-65-60-140-55-50-135-45-40-130-35-30-125-25-20-120)79-96-86-103(113(7,8)9)84-94(108(96)148-73-68-143-63-58-138-53-48-133-43-38-128-33-28-123-23-18-118)77-92(82-101)106(91)146-71-66-141-61-56-136-51-46-131-41-36-126-31-26-121-21-16-116/h81-90,116-120H,16-80H2,1-15H3. The van der Waals surface area contributed by atoms with Gasteiger partial charge in [0.1, 0.15) is 61.8 Å². The molecule has 0 radical (unpaired) electrons. The van der Waals surface area contributed by atoms with Crippen LogP contribution in [0.5, 0.6) is 28.7 Å². The first-order chi connectivity index (χ1) is 72.6. The molecule has 0 aliphatic heterocycles. The van der Waals surface area contributed by atoms with Crippen LogP contribution in [0.25, 0.3) is 0 Å². The lowest BCUT2D eigenvalue weighted by Gasteiger charge is -2.29. The van der Waals surface area contributed by atoms with Crippen LogP contribution in [0, 0.1) is 0 Å². The first kappa shape index (κ1) is 133. The van der Waals surface area contributed by atoms with E-state index in [1.165, 1.54) is 0 Å². The molecule has 0 atom stereocenters. The predicted molar refractivity (Wildman–Crippen MR) is 573 cm³/mol. The molecule has 0 saturated heterocycles. The Balaban J connectivity index is 1.57. The van der Waals surface area contributed by atoms with E-state index in [0.717, 1.165) is 83.5 Å². The third kappa shape index (κ3) is 58.8. The Kier molecular flexibility index (Phi) is 71.2. The van der Waals surface area contributed by atoms with Crippen LogP contribution in [0.4, 0.5) is 0 Å². The highest BCUT2D eigenvalue weighted by atomic mass is 16.6. The van der Waals surface area contributed by atoms with Crippen molar-refractivity contribution in [2.45, 2.75) is 163 Å². The monoisotopic (exact) mass is 2130 g/mol. The molecule has 0 fully saturated rings. The van der Waals surface area contributed by atoms with Crippen LogP contribution < -0.4 is 23.7 Å². The second kappa shape index (κ2) is 80.6. The van der Waals surface area contributed by atoms with Crippen LogP contribution in [0.15, 0.2) is 60.7 Å². The maximum absolute atomic E-state index is 9.04. The van der Waals surface area contributed by atoms with Gasteiger partial charge in [0.15, 0.2) is 0 Å². The van der Waals surface area contributed by atoms with Crippen LogP contribution in [-0.2, 0) is 178 Å². The van der Waals surface area contributed by atoms with Crippen molar-refractivity contribution in [2.75, 3.05) is 396 Å². The normalized spacial score (nSPS) is 12.8. The average Bonchev–Trinajstić information content (AvgIpc) is 0.757. The van der Waals surface area contributed by atoms with Crippen molar-refractivity contribution in [2.24, 2.45) is 0 Å². The van der Waals surface area contributed by atoms with E-state index in [9.17, 15) is 0 Å². The fourth-order valence-corrected chi connectivity index (χ4v) is 15.4. The van der Waals surface area contributed by atoms with Gasteiger partial charge in [-0.25, -0.2) is 0 Å². The van der Waals surface area contributed by atoms with Gasteiger partial charge in [-0.05, 0) is 111 Å². The molecule has 35 nitrogen and oxygen atoms in total. The van der Waals surface area contributed by atoms with E-state index in [4.69, 9.17) is 168 Å². The van der Waals surface area contributed by atoms with Gasteiger partial charge in [0.05, 0.1) is 363 Å². The van der Waals surface area contributed by atoms with Crippen molar-refractivity contribution in [3.8, 4) is 28.7 Å². The van der Waals surface area contributed by atoms with Crippen molar-refractivity contribution in [1.29, 1.82) is 0 Å². The molecule has 6 rings (SSSR count). The summed E-state index contributed by atoms with van der Waals surface area (Å²) in [4.78, 5) is 0. The quantitative estimate of drug-likeness (QED) is 0.0221. The zero-order valence-corrected chi connectivity index (χ0v) is 93.7. The van der Waals surface area contributed by atoms with Crippen LogP contribution in [0.3, 0.4) is 0 Å². The lowest BCUT2D eigenvalue weighted by molar-refractivity contribution is -0.0147. The number of ether oxygens (including phenoxy) is 30. The summed E-state index contributed by atoms with van der Waals surface area (Å²) in [7, 11) is 0.